The third-order valence-corrected chi connectivity index (χ3v) is 6.16. The number of hydroxylamine groups is 1. The monoisotopic (exact) mass is 419 g/mol. The fourth-order valence-electron chi connectivity index (χ4n) is 2.85. The molecule has 10 heteroatoms. The van der Waals surface area contributed by atoms with Gasteiger partial charge < -0.3 is 5.73 Å². The molecule has 0 radical (unpaired) electrons. The zero-order valence-corrected chi connectivity index (χ0v) is 17.1. The Hall–Kier alpha value is -2.82. The highest BCUT2D eigenvalue weighted by Gasteiger charge is 2.36. The molecule has 0 aliphatic rings. The normalized spacial score (nSPS) is 12.7. The van der Waals surface area contributed by atoms with E-state index in [0.717, 1.165) is 4.31 Å². The Balaban J connectivity index is 2.54. The van der Waals surface area contributed by atoms with Gasteiger partial charge in [-0.3, -0.25) is 20.4 Å². The van der Waals surface area contributed by atoms with Crippen LogP contribution in [0.5, 0.6) is 0 Å². The number of nitrogens with two attached hydrogens (primary N) is 1. The summed E-state index contributed by atoms with van der Waals surface area (Å²) < 4.78 is 27.9. The van der Waals surface area contributed by atoms with Crippen LogP contribution in [0.25, 0.3) is 0 Å². The maximum atomic E-state index is 13.4. The summed E-state index contributed by atoms with van der Waals surface area (Å²) >= 11 is 0. The van der Waals surface area contributed by atoms with E-state index in [1.165, 1.54) is 30.5 Å². The second-order valence-corrected chi connectivity index (χ2v) is 8.86. The molecule has 1 heterocycles. The number of pyridine rings is 1. The molecule has 0 fully saturated rings. The van der Waals surface area contributed by atoms with Crippen LogP contribution in [-0.2, 0) is 21.4 Å². The second kappa shape index (κ2) is 9.59. The third kappa shape index (κ3) is 5.59. The van der Waals surface area contributed by atoms with E-state index in [0.29, 0.717) is 11.1 Å². The van der Waals surface area contributed by atoms with Gasteiger partial charge in [-0.15, -0.1) is 0 Å². The topological polar surface area (TPSA) is 149 Å². The maximum Gasteiger partial charge on any atom is 0.261 e. The minimum atomic E-state index is -4.12. The molecule has 0 bridgehead atoms. The molecule has 1 aromatic carbocycles. The minimum absolute atomic E-state index is 0.0102. The first-order valence-corrected chi connectivity index (χ1v) is 10.4. The molecule has 2 rings (SSSR count). The largest absolute Gasteiger partial charge is 0.384 e. The summed E-state index contributed by atoms with van der Waals surface area (Å²) in [5.74, 6) is -1.01. The first-order valence-electron chi connectivity index (χ1n) is 8.96. The quantitative estimate of drug-likeness (QED) is 0.209. The van der Waals surface area contributed by atoms with Crippen molar-refractivity contribution in [3.63, 3.8) is 0 Å². The van der Waals surface area contributed by atoms with Crippen molar-refractivity contribution in [3.05, 3.63) is 59.9 Å². The van der Waals surface area contributed by atoms with Crippen molar-refractivity contribution in [1.82, 2.24) is 14.8 Å². The smallest absolute Gasteiger partial charge is 0.261 e. The zero-order valence-electron chi connectivity index (χ0n) is 16.2. The van der Waals surface area contributed by atoms with Crippen molar-refractivity contribution < 1.29 is 18.4 Å². The van der Waals surface area contributed by atoms with E-state index in [9.17, 15) is 18.4 Å². The maximum absolute atomic E-state index is 13.4. The van der Waals surface area contributed by atoms with Gasteiger partial charge in [0.1, 0.15) is 11.9 Å². The van der Waals surface area contributed by atoms with Crippen LogP contribution in [0.1, 0.15) is 31.4 Å². The SMILES string of the molecule is CC(C)C[C@H](C(=O)NO)N(Cc1cccnc1)S(=O)(=O)c1ccc(C(=N)N)cc1. The van der Waals surface area contributed by atoms with Gasteiger partial charge in [-0.1, -0.05) is 19.9 Å². The van der Waals surface area contributed by atoms with E-state index in [4.69, 9.17) is 11.1 Å². The van der Waals surface area contributed by atoms with Crippen LogP contribution in [0.2, 0.25) is 0 Å². The Kier molecular flexibility index (Phi) is 7.43. The number of hydrogen-bond donors (Lipinski definition) is 4. The lowest BCUT2D eigenvalue weighted by Gasteiger charge is -2.30. The van der Waals surface area contributed by atoms with Gasteiger partial charge in [-0.25, -0.2) is 13.9 Å². The van der Waals surface area contributed by atoms with Crippen molar-refractivity contribution in [2.24, 2.45) is 11.7 Å². The molecule has 1 atom stereocenters. The lowest BCUT2D eigenvalue weighted by molar-refractivity contribution is -0.133. The lowest BCUT2D eigenvalue weighted by atomic mass is 10.0. The summed E-state index contributed by atoms with van der Waals surface area (Å²) in [6.45, 7) is 3.61. The van der Waals surface area contributed by atoms with Crippen LogP contribution in [-0.4, -0.2) is 40.7 Å². The Labute approximate surface area is 170 Å². The Morgan fingerprint density at radius 3 is 2.41 bits per heavy atom. The molecule has 9 nitrogen and oxygen atoms in total. The second-order valence-electron chi connectivity index (χ2n) is 6.97. The predicted molar refractivity (Wildman–Crippen MR) is 108 cm³/mol. The van der Waals surface area contributed by atoms with Crippen LogP contribution in [0.4, 0.5) is 0 Å². The summed E-state index contributed by atoms with van der Waals surface area (Å²) in [4.78, 5) is 16.3. The van der Waals surface area contributed by atoms with E-state index >= 15 is 0 Å². The number of amidine groups is 1. The van der Waals surface area contributed by atoms with Gasteiger partial charge in [-0.05, 0) is 48.2 Å². The highest BCUT2D eigenvalue weighted by molar-refractivity contribution is 7.89. The standard InChI is InChI=1S/C19H25N5O4S/c1-13(2)10-17(19(25)23-26)24(12-14-4-3-9-22-11-14)29(27,28)16-7-5-15(6-8-16)18(20)21/h3-9,11,13,17,26H,10,12H2,1-2H3,(H3,20,21)(H,23,25)/t17-/m1/s1. The molecule has 2 aromatic rings. The first kappa shape index (κ1) is 22.5. The molecule has 0 saturated carbocycles. The highest BCUT2D eigenvalue weighted by Crippen LogP contribution is 2.25. The molecule has 0 saturated heterocycles. The number of amides is 1. The summed E-state index contributed by atoms with van der Waals surface area (Å²) in [5.41, 5.74) is 7.99. The van der Waals surface area contributed by atoms with Gasteiger partial charge in [0.15, 0.2) is 0 Å². The molecule has 156 valence electrons. The van der Waals surface area contributed by atoms with E-state index < -0.39 is 22.0 Å². The molecule has 0 aliphatic heterocycles. The highest BCUT2D eigenvalue weighted by atomic mass is 32.2. The molecule has 0 spiro atoms. The van der Waals surface area contributed by atoms with Crippen LogP contribution < -0.4 is 11.2 Å². The average Bonchev–Trinajstić information content (AvgIpc) is 2.70. The van der Waals surface area contributed by atoms with Gasteiger partial charge in [0.05, 0.1) is 4.90 Å². The van der Waals surface area contributed by atoms with Crippen LogP contribution >= 0.6 is 0 Å². The number of nitrogens with zero attached hydrogens (tertiary/aromatic N) is 2. The Morgan fingerprint density at radius 2 is 1.93 bits per heavy atom. The number of benzene rings is 1. The predicted octanol–water partition coefficient (Wildman–Crippen LogP) is 1.48. The third-order valence-electron chi connectivity index (χ3n) is 4.29. The molecule has 1 aromatic heterocycles. The fraction of sp³-hybridized carbons (Fsp3) is 0.316. The Morgan fingerprint density at radius 1 is 1.28 bits per heavy atom. The average molecular weight is 420 g/mol. The number of aromatic nitrogens is 1. The van der Waals surface area contributed by atoms with Gasteiger partial charge in [0.2, 0.25) is 10.0 Å². The van der Waals surface area contributed by atoms with E-state index in [1.807, 2.05) is 13.8 Å². The number of sulfonamides is 1. The summed E-state index contributed by atoms with van der Waals surface area (Å²) in [6, 6.07) is 7.79. The fourth-order valence-corrected chi connectivity index (χ4v) is 4.44. The molecule has 5 N–H and O–H groups in total. The molecular weight excluding hydrogens is 394 g/mol. The van der Waals surface area contributed by atoms with E-state index in [1.54, 1.807) is 23.8 Å². The van der Waals surface area contributed by atoms with Gasteiger partial charge >= 0.3 is 0 Å². The number of carbonyl (C=O) groups is 1. The number of rotatable bonds is 9. The van der Waals surface area contributed by atoms with Crippen molar-refractivity contribution in [3.8, 4) is 0 Å². The van der Waals surface area contributed by atoms with Gasteiger partial charge in [-0.2, -0.15) is 4.31 Å². The number of nitrogens with one attached hydrogen (secondary N) is 2. The van der Waals surface area contributed by atoms with Gasteiger partial charge in [0.25, 0.3) is 5.91 Å². The molecule has 0 unspecified atom stereocenters. The minimum Gasteiger partial charge on any atom is -0.384 e. The van der Waals surface area contributed by atoms with Crippen molar-refractivity contribution in [2.75, 3.05) is 0 Å². The molecular formula is C19H25N5O4S. The van der Waals surface area contributed by atoms with Crippen molar-refractivity contribution in [2.45, 2.75) is 37.8 Å². The van der Waals surface area contributed by atoms with Crippen LogP contribution in [0.3, 0.4) is 0 Å². The molecule has 0 aliphatic carbocycles. The number of nitrogen functional groups attached to an aromatic ring is 1. The molecule has 29 heavy (non-hydrogen) atoms. The zero-order chi connectivity index (χ0) is 21.6. The number of carbonyl (C=O) groups excluding carboxylic acids is 1. The summed E-state index contributed by atoms with van der Waals surface area (Å²) in [7, 11) is -4.12. The molecule has 1 amide bonds. The van der Waals surface area contributed by atoms with E-state index in [-0.39, 0.29) is 29.6 Å². The summed E-state index contributed by atoms with van der Waals surface area (Å²) in [6.07, 6.45) is 3.29. The van der Waals surface area contributed by atoms with Crippen molar-refractivity contribution >= 4 is 21.8 Å². The first-order chi connectivity index (χ1) is 13.7. The van der Waals surface area contributed by atoms with Crippen molar-refractivity contribution in [1.29, 1.82) is 5.41 Å². The van der Waals surface area contributed by atoms with Crippen LogP contribution in [0, 0.1) is 11.3 Å². The Bertz CT molecular complexity index is 946. The lowest BCUT2D eigenvalue weighted by Crippen LogP contribution is -2.49. The van der Waals surface area contributed by atoms with Gasteiger partial charge in [0, 0.05) is 24.5 Å². The van der Waals surface area contributed by atoms with Crippen LogP contribution in [0.15, 0.2) is 53.7 Å². The number of hydrogen-bond acceptors (Lipinski definition) is 6. The van der Waals surface area contributed by atoms with E-state index in [2.05, 4.69) is 4.98 Å². The summed E-state index contributed by atoms with van der Waals surface area (Å²) in [5, 5.41) is 16.6.